The van der Waals surface area contributed by atoms with Crippen LogP contribution in [0.1, 0.15) is 356 Å². The molecule has 522 valence electrons. The van der Waals surface area contributed by atoms with Gasteiger partial charge in [0.25, 0.3) is 0 Å². The van der Waals surface area contributed by atoms with Crippen molar-refractivity contribution >= 4 is 39.5 Å². The van der Waals surface area contributed by atoms with Crippen LogP contribution in [0.25, 0.3) is 0 Å². The topological polar surface area (TPSA) is 237 Å². The fourth-order valence-electron chi connectivity index (χ4n) is 10.5. The lowest BCUT2D eigenvalue weighted by Crippen LogP contribution is -2.30. The third-order valence-electron chi connectivity index (χ3n) is 16.0. The zero-order chi connectivity index (χ0) is 64.9. The summed E-state index contributed by atoms with van der Waals surface area (Å²) < 4.78 is 68.2. The van der Waals surface area contributed by atoms with Crippen LogP contribution < -0.4 is 0 Å². The maximum absolute atomic E-state index is 13.0. The monoisotopic (exact) mass is 1300 g/mol. The van der Waals surface area contributed by atoms with Crippen molar-refractivity contribution in [3.63, 3.8) is 0 Å². The van der Waals surface area contributed by atoms with Crippen LogP contribution in [0.15, 0.2) is 0 Å². The molecule has 0 saturated carbocycles. The Hall–Kier alpha value is -1.94. The summed E-state index contributed by atoms with van der Waals surface area (Å²) in [4.78, 5) is 72.4. The lowest BCUT2D eigenvalue weighted by Gasteiger charge is -2.21. The summed E-state index contributed by atoms with van der Waals surface area (Å²) >= 11 is 0. The fraction of sp³-hybridized carbons (Fsp3) is 0.942. The largest absolute Gasteiger partial charge is 0.472 e. The predicted molar refractivity (Wildman–Crippen MR) is 354 cm³/mol. The Bertz CT molecular complexity index is 1700. The molecule has 17 nitrogen and oxygen atoms in total. The average molecular weight is 1300 g/mol. The summed E-state index contributed by atoms with van der Waals surface area (Å²) in [6.07, 6.45) is 48.5. The molecule has 0 aliphatic carbocycles. The molecule has 5 atom stereocenters. The first-order valence-electron chi connectivity index (χ1n) is 36.1. The van der Waals surface area contributed by atoms with E-state index in [1.165, 1.54) is 173 Å². The minimum Gasteiger partial charge on any atom is -0.462 e. The molecule has 0 aromatic heterocycles. The van der Waals surface area contributed by atoms with E-state index in [1.807, 2.05) is 0 Å². The Balaban J connectivity index is 5.21. The van der Waals surface area contributed by atoms with E-state index in [1.54, 1.807) is 0 Å². The molecule has 0 amide bonds. The number of unbranched alkanes of at least 4 members (excludes halogenated alkanes) is 41. The van der Waals surface area contributed by atoms with Crippen molar-refractivity contribution in [1.29, 1.82) is 0 Å². The van der Waals surface area contributed by atoms with E-state index >= 15 is 0 Å². The average Bonchev–Trinajstić information content (AvgIpc) is 3.63. The number of carbonyl (C=O) groups excluding carboxylic acids is 4. The highest BCUT2D eigenvalue weighted by molar-refractivity contribution is 7.47. The van der Waals surface area contributed by atoms with Crippen LogP contribution >= 0.6 is 15.6 Å². The summed E-state index contributed by atoms with van der Waals surface area (Å²) in [5.74, 6) is -1.35. The van der Waals surface area contributed by atoms with Gasteiger partial charge in [0.15, 0.2) is 12.2 Å². The van der Waals surface area contributed by atoms with Crippen LogP contribution in [-0.2, 0) is 65.4 Å². The van der Waals surface area contributed by atoms with Crippen molar-refractivity contribution < 1.29 is 80.2 Å². The Morgan fingerprint density at radius 3 is 0.773 bits per heavy atom. The van der Waals surface area contributed by atoms with Gasteiger partial charge in [-0.05, 0) is 31.6 Å². The summed E-state index contributed by atoms with van der Waals surface area (Å²) in [6, 6.07) is 0. The maximum Gasteiger partial charge on any atom is 0.472 e. The second-order valence-electron chi connectivity index (χ2n) is 25.4. The summed E-state index contributed by atoms with van der Waals surface area (Å²) in [6.45, 7) is 7.21. The molecule has 0 aromatic carbocycles. The fourth-order valence-corrected chi connectivity index (χ4v) is 12.0. The minimum atomic E-state index is -4.95. The number of carbonyl (C=O) groups is 4. The van der Waals surface area contributed by atoms with Crippen LogP contribution in [0.5, 0.6) is 0 Å². The molecule has 0 saturated heterocycles. The Morgan fingerprint density at radius 1 is 0.307 bits per heavy atom. The molecule has 0 aliphatic rings. The Kier molecular flexibility index (Phi) is 61.1. The molecule has 88 heavy (non-hydrogen) atoms. The van der Waals surface area contributed by atoms with Gasteiger partial charge in [0.1, 0.15) is 19.3 Å². The molecular weight excluding hydrogens is 1160 g/mol. The third-order valence-corrected chi connectivity index (χ3v) is 17.9. The first-order valence-corrected chi connectivity index (χ1v) is 39.1. The second-order valence-corrected chi connectivity index (χ2v) is 28.3. The maximum atomic E-state index is 13.0. The van der Waals surface area contributed by atoms with Crippen LogP contribution in [0.4, 0.5) is 0 Å². The van der Waals surface area contributed by atoms with Gasteiger partial charge in [-0.2, -0.15) is 0 Å². The highest BCUT2D eigenvalue weighted by Crippen LogP contribution is 2.45. The third kappa shape index (κ3) is 62.8. The van der Waals surface area contributed by atoms with Crippen LogP contribution in [0.2, 0.25) is 0 Å². The van der Waals surface area contributed by atoms with Gasteiger partial charge in [-0.3, -0.25) is 37.3 Å². The molecule has 0 rings (SSSR count). The standard InChI is InChI=1S/C69H134O17P2/c1-6-9-12-15-18-21-23-24-25-26-27-30-35-40-45-50-55-69(74)86-65(59-80-67(72)53-48-43-38-34-31-28-29-32-36-41-46-51-62(4)5)61-84-88(77,78)82-57-63(70)56-81-87(75,76)83-60-64(58-79-66(71)52-47-42-37-20-17-14-11-8-3)85-68(73)54-49-44-39-33-22-19-16-13-10-7-2/h62-65,70H,6-61H2,1-5H3,(H,75,76)(H,77,78)/t63-,64+,65+/m0/s1. The highest BCUT2D eigenvalue weighted by Gasteiger charge is 2.30. The van der Waals surface area contributed by atoms with Gasteiger partial charge in [-0.1, -0.05) is 304 Å². The number of hydrogen-bond acceptors (Lipinski definition) is 15. The summed E-state index contributed by atoms with van der Waals surface area (Å²) in [7, 11) is -9.89. The SMILES string of the molecule is CCCCCCCCCCCCCCCCCCC(=O)O[C@H](COC(=O)CCCCCCCCCCCCCC(C)C)COP(=O)(O)OC[C@@H](O)COP(=O)(O)OC[C@@H](COC(=O)CCCCCCCCCC)OC(=O)CCCCCCCCCCCC. The van der Waals surface area contributed by atoms with Crippen molar-refractivity contribution in [1.82, 2.24) is 0 Å². The van der Waals surface area contributed by atoms with Gasteiger partial charge in [-0.15, -0.1) is 0 Å². The minimum absolute atomic E-state index is 0.106. The van der Waals surface area contributed by atoms with Crippen LogP contribution in [-0.4, -0.2) is 96.7 Å². The van der Waals surface area contributed by atoms with E-state index in [-0.39, 0.29) is 25.7 Å². The van der Waals surface area contributed by atoms with Gasteiger partial charge >= 0.3 is 39.5 Å². The molecule has 3 N–H and O–H groups in total. The summed E-state index contributed by atoms with van der Waals surface area (Å²) in [5, 5.41) is 10.6. The van der Waals surface area contributed by atoms with Crippen molar-refractivity contribution in [2.24, 2.45) is 5.92 Å². The first kappa shape index (κ1) is 86.1. The van der Waals surface area contributed by atoms with E-state index in [0.29, 0.717) is 25.7 Å². The van der Waals surface area contributed by atoms with E-state index in [0.717, 1.165) is 102 Å². The van der Waals surface area contributed by atoms with Crippen LogP contribution in [0, 0.1) is 5.92 Å². The molecular formula is C69H134O17P2. The van der Waals surface area contributed by atoms with Gasteiger partial charge in [0, 0.05) is 25.7 Å². The van der Waals surface area contributed by atoms with E-state index in [2.05, 4.69) is 34.6 Å². The van der Waals surface area contributed by atoms with Gasteiger partial charge in [-0.25, -0.2) is 9.13 Å². The highest BCUT2D eigenvalue weighted by atomic mass is 31.2. The van der Waals surface area contributed by atoms with E-state index in [9.17, 15) is 43.2 Å². The number of phosphoric acid groups is 2. The molecule has 0 aromatic rings. The lowest BCUT2D eigenvalue weighted by molar-refractivity contribution is -0.161. The van der Waals surface area contributed by atoms with Crippen LogP contribution in [0.3, 0.4) is 0 Å². The second kappa shape index (κ2) is 62.5. The number of aliphatic hydroxyl groups excluding tert-OH is 1. The van der Waals surface area contributed by atoms with Gasteiger partial charge < -0.3 is 33.8 Å². The lowest BCUT2D eigenvalue weighted by atomic mass is 10.0. The molecule has 0 spiro atoms. The number of rotatable bonds is 69. The van der Waals surface area contributed by atoms with E-state index in [4.69, 9.17) is 37.0 Å². The smallest absolute Gasteiger partial charge is 0.462 e. The molecule has 0 bridgehead atoms. The van der Waals surface area contributed by atoms with Crippen molar-refractivity contribution in [3.8, 4) is 0 Å². The molecule has 2 unspecified atom stereocenters. The number of phosphoric ester groups is 2. The van der Waals surface area contributed by atoms with E-state index < -0.39 is 97.5 Å². The molecule has 0 aliphatic heterocycles. The number of hydrogen-bond donors (Lipinski definition) is 3. The molecule has 0 fully saturated rings. The molecule has 0 heterocycles. The molecule has 0 radical (unpaired) electrons. The number of ether oxygens (including phenoxy) is 4. The molecule has 19 heteroatoms. The van der Waals surface area contributed by atoms with Gasteiger partial charge in [0.2, 0.25) is 0 Å². The van der Waals surface area contributed by atoms with Crippen molar-refractivity contribution in [2.75, 3.05) is 39.6 Å². The Morgan fingerprint density at radius 2 is 0.523 bits per heavy atom. The summed E-state index contributed by atoms with van der Waals surface area (Å²) in [5.41, 5.74) is 0. The van der Waals surface area contributed by atoms with Crippen molar-refractivity contribution in [2.45, 2.75) is 374 Å². The first-order chi connectivity index (χ1) is 42.5. The number of aliphatic hydroxyl groups is 1. The number of esters is 4. The van der Waals surface area contributed by atoms with Gasteiger partial charge in [0.05, 0.1) is 26.4 Å². The predicted octanol–water partition coefficient (Wildman–Crippen LogP) is 19.7. The zero-order valence-corrected chi connectivity index (χ0v) is 58.6. The Labute approximate surface area is 537 Å². The quantitative estimate of drug-likeness (QED) is 0.0222. The van der Waals surface area contributed by atoms with Crippen molar-refractivity contribution in [3.05, 3.63) is 0 Å². The zero-order valence-electron chi connectivity index (χ0n) is 56.9. The normalized spacial score (nSPS) is 14.1.